The van der Waals surface area contributed by atoms with Gasteiger partial charge in [-0.25, -0.2) is 0 Å². The molecule has 82 valence electrons. The zero-order valence-electron chi connectivity index (χ0n) is 9.58. The van der Waals surface area contributed by atoms with Crippen LogP contribution in [-0.4, -0.2) is 29.6 Å². The molecule has 2 fully saturated rings. The molecule has 0 aliphatic carbocycles. The molecule has 2 aliphatic rings. The lowest BCUT2D eigenvalue weighted by atomic mass is 9.77. The molecule has 0 aromatic carbocycles. The molecule has 0 radical (unpaired) electrons. The second-order valence-electron chi connectivity index (χ2n) is 5.35. The third-order valence-electron chi connectivity index (χ3n) is 4.06. The minimum absolute atomic E-state index is 0.726. The van der Waals surface area contributed by atoms with Crippen LogP contribution in [0.15, 0.2) is 0 Å². The number of fused-ring (bicyclic) bond motifs is 2. The monoisotopic (exact) mass is 196 g/mol. The minimum atomic E-state index is 0.726. The van der Waals surface area contributed by atoms with E-state index in [0.717, 1.165) is 30.6 Å². The van der Waals surface area contributed by atoms with Crippen LogP contribution in [0.2, 0.25) is 0 Å². The zero-order chi connectivity index (χ0) is 10.1. The summed E-state index contributed by atoms with van der Waals surface area (Å²) in [6.45, 7) is 5.58. The molecule has 2 saturated heterocycles. The summed E-state index contributed by atoms with van der Waals surface area (Å²) in [6, 6.07) is 2.41. The smallest absolute Gasteiger partial charge is 0.0104 e. The van der Waals surface area contributed by atoms with Gasteiger partial charge in [0.1, 0.15) is 0 Å². The minimum Gasteiger partial charge on any atom is -0.330 e. The van der Waals surface area contributed by atoms with Gasteiger partial charge in [-0.2, -0.15) is 0 Å². The topological polar surface area (TPSA) is 29.3 Å². The fraction of sp³-hybridized carbons (Fsp3) is 1.00. The van der Waals surface area contributed by atoms with Gasteiger partial charge in [-0.3, -0.25) is 4.90 Å². The molecule has 2 rings (SSSR count). The Morgan fingerprint density at radius 2 is 1.79 bits per heavy atom. The van der Waals surface area contributed by atoms with Crippen molar-refractivity contribution >= 4 is 0 Å². The second-order valence-corrected chi connectivity index (χ2v) is 5.35. The lowest BCUT2D eigenvalue weighted by molar-refractivity contribution is -0.00792. The molecule has 2 heteroatoms. The first kappa shape index (κ1) is 10.4. The third kappa shape index (κ3) is 1.82. The molecule has 0 unspecified atom stereocenters. The maximum atomic E-state index is 5.81. The summed E-state index contributed by atoms with van der Waals surface area (Å²) in [5.74, 6) is 0.806. The van der Waals surface area contributed by atoms with E-state index in [4.69, 9.17) is 5.73 Å². The highest BCUT2D eigenvalue weighted by molar-refractivity contribution is 4.93. The number of nitrogens with two attached hydrogens (primary N) is 1. The van der Waals surface area contributed by atoms with Crippen LogP contribution in [-0.2, 0) is 0 Å². The average molecular weight is 196 g/mol. The summed E-state index contributed by atoms with van der Waals surface area (Å²) in [7, 11) is 0. The van der Waals surface area contributed by atoms with Crippen LogP contribution in [0.1, 0.15) is 46.0 Å². The van der Waals surface area contributed by atoms with E-state index in [-0.39, 0.29) is 0 Å². The van der Waals surface area contributed by atoms with Gasteiger partial charge in [-0.05, 0) is 52.0 Å². The van der Waals surface area contributed by atoms with E-state index in [1.165, 1.54) is 32.1 Å². The van der Waals surface area contributed by atoms with E-state index < -0.39 is 0 Å². The van der Waals surface area contributed by atoms with Gasteiger partial charge in [0.2, 0.25) is 0 Å². The van der Waals surface area contributed by atoms with Crippen LogP contribution in [0.25, 0.3) is 0 Å². The Kier molecular flexibility index (Phi) is 3.13. The van der Waals surface area contributed by atoms with Crippen LogP contribution < -0.4 is 5.73 Å². The standard InChI is InChI=1S/C12H24N2/c1-9(2)14-11-4-3-5-12(14)7-10(6-11)8-13/h9-12H,3-8,13H2,1-2H3/t11-,12-/m0/s1. The average Bonchev–Trinajstić information content (AvgIpc) is 2.15. The molecule has 2 atom stereocenters. The van der Waals surface area contributed by atoms with Crippen molar-refractivity contribution in [1.82, 2.24) is 4.90 Å². The quantitative estimate of drug-likeness (QED) is 0.732. The summed E-state index contributed by atoms with van der Waals surface area (Å²) in [4.78, 5) is 2.76. The van der Waals surface area contributed by atoms with Crippen molar-refractivity contribution in [2.24, 2.45) is 11.7 Å². The lowest BCUT2D eigenvalue weighted by Crippen LogP contribution is -2.55. The van der Waals surface area contributed by atoms with Crippen molar-refractivity contribution in [1.29, 1.82) is 0 Å². The van der Waals surface area contributed by atoms with Crippen molar-refractivity contribution in [3.63, 3.8) is 0 Å². The van der Waals surface area contributed by atoms with Gasteiger partial charge in [0.15, 0.2) is 0 Å². The van der Waals surface area contributed by atoms with Crippen LogP contribution in [0.3, 0.4) is 0 Å². The van der Waals surface area contributed by atoms with E-state index in [2.05, 4.69) is 18.7 Å². The Hall–Kier alpha value is -0.0800. The Labute approximate surface area is 87.8 Å². The van der Waals surface area contributed by atoms with Crippen molar-refractivity contribution in [3.8, 4) is 0 Å². The van der Waals surface area contributed by atoms with Gasteiger partial charge >= 0.3 is 0 Å². The van der Waals surface area contributed by atoms with Gasteiger partial charge in [0.25, 0.3) is 0 Å². The van der Waals surface area contributed by atoms with Gasteiger partial charge in [0.05, 0.1) is 0 Å². The van der Waals surface area contributed by atoms with Crippen molar-refractivity contribution in [2.45, 2.75) is 64.1 Å². The first-order valence-corrected chi connectivity index (χ1v) is 6.20. The molecule has 2 N–H and O–H groups in total. The molecular weight excluding hydrogens is 172 g/mol. The molecule has 14 heavy (non-hydrogen) atoms. The largest absolute Gasteiger partial charge is 0.330 e. The van der Waals surface area contributed by atoms with Crippen LogP contribution in [0.5, 0.6) is 0 Å². The maximum Gasteiger partial charge on any atom is 0.0104 e. The summed E-state index contributed by atoms with van der Waals surface area (Å²) >= 11 is 0. The van der Waals surface area contributed by atoms with Crippen molar-refractivity contribution in [3.05, 3.63) is 0 Å². The maximum absolute atomic E-state index is 5.81. The highest BCUT2D eigenvalue weighted by atomic mass is 15.2. The van der Waals surface area contributed by atoms with Gasteiger partial charge in [0, 0.05) is 18.1 Å². The number of rotatable bonds is 2. The number of piperidine rings is 2. The Balaban J connectivity index is 2.07. The zero-order valence-corrected chi connectivity index (χ0v) is 9.58. The molecule has 2 nitrogen and oxygen atoms in total. The molecule has 2 aliphatic heterocycles. The normalized spacial score (nSPS) is 39.0. The number of hydrogen-bond donors (Lipinski definition) is 1. The predicted octanol–water partition coefficient (Wildman–Crippen LogP) is 1.99. The summed E-state index contributed by atoms with van der Waals surface area (Å²) in [6.07, 6.45) is 6.96. The highest BCUT2D eigenvalue weighted by Crippen LogP contribution is 2.37. The Bertz CT molecular complexity index is 177. The lowest BCUT2D eigenvalue weighted by Gasteiger charge is -2.51. The van der Waals surface area contributed by atoms with E-state index in [9.17, 15) is 0 Å². The van der Waals surface area contributed by atoms with Crippen LogP contribution >= 0.6 is 0 Å². The molecule has 0 spiro atoms. The number of hydrogen-bond acceptors (Lipinski definition) is 2. The number of nitrogens with zero attached hydrogens (tertiary/aromatic N) is 1. The van der Waals surface area contributed by atoms with Gasteiger partial charge in [-0.1, -0.05) is 6.42 Å². The predicted molar refractivity (Wildman–Crippen MR) is 60.2 cm³/mol. The van der Waals surface area contributed by atoms with E-state index in [0.29, 0.717) is 0 Å². The Morgan fingerprint density at radius 1 is 1.21 bits per heavy atom. The first-order valence-electron chi connectivity index (χ1n) is 6.20. The fourth-order valence-electron chi connectivity index (χ4n) is 3.57. The second kappa shape index (κ2) is 4.19. The van der Waals surface area contributed by atoms with E-state index in [1.807, 2.05) is 0 Å². The van der Waals surface area contributed by atoms with E-state index >= 15 is 0 Å². The Morgan fingerprint density at radius 3 is 2.21 bits per heavy atom. The third-order valence-corrected chi connectivity index (χ3v) is 4.06. The summed E-state index contributed by atoms with van der Waals surface area (Å²) < 4.78 is 0. The van der Waals surface area contributed by atoms with E-state index in [1.54, 1.807) is 0 Å². The SMILES string of the molecule is CC(C)N1[C@H]2CCC[C@H]1CC(CN)C2. The summed E-state index contributed by atoms with van der Waals surface area (Å²) in [5.41, 5.74) is 5.81. The molecule has 2 heterocycles. The van der Waals surface area contributed by atoms with Crippen LogP contribution in [0.4, 0.5) is 0 Å². The van der Waals surface area contributed by atoms with Crippen molar-refractivity contribution < 1.29 is 0 Å². The van der Waals surface area contributed by atoms with Crippen LogP contribution in [0, 0.1) is 5.92 Å². The van der Waals surface area contributed by atoms with Gasteiger partial charge in [-0.15, -0.1) is 0 Å². The molecule has 2 bridgehead atoms. The molecule has 0 saturated carbocycles. The highest BCUT2D eigenvalue weighted by Gasteiger charge is 2.38. The van der Waals surface area contributed by atoms with Gasteiger partial charge < -0.3 is 5.73 Å². The summed E-state index contributed by atoms with van der Waals surface area (Å²) in [5, 5.41) is 0. The molecule has 0 aromatic rings. The first-order chi connectivity index (χ1) is 6.72. The molecular formula is C12H24N2. The molecule has 0 amide bonds. The van der Waals surface area contributed by atoms with Crippen molar-refractivity contribution in [2.75, 3.05) is 6.54 Å². The molecule has 0 aromatic heterocycles. The fourth-order valence-corrected chi connectivity index (χ4v) is 3.57.